The van der Waals surface area contributed by atoms with Crippen LogP contribution in [0.5, 0.6) is 0 Å². The molecule has 0 aliphatic rings. The summed E-state index contributed by atoms with van der Waals surface area (Å²) in [6.07, 6.45) is 4.99. The zero-order valence-electron chi connectivity index (χ0n) is 15.3. The lowest BCUT2D eigenvalue weighted by atomic mass is 10.1. The minimum absolute atomic E-state index is 0.0920. The molecular weight excluding hydrogens is 494 g/mol. The van der Waals surface area contributed by atoms with Crippen LogP contribution < -0.4 is 11.1 Å². The molecule has 0 bridgehead atoms. The summed E-state index contributed by atoms with van der Waals surface area (Å²) < 4.78 is 5.43. The van der Waals surface area contributed by atoms with E-state index < -0.39 is 22.5 Å². The maximum absolute atomic E-state index is 13.0. The first-order chi connectivity index (χ1) is 14.3. The second-order valence-corrected chi connectivity index (χ2v) is 8.60. The number of rotatable bonds is 5. The van der Waals surface area contributed by atoms with Gasteiger partial charge in [0.15, 0.2) is 5.82 Å². The van der Waals surface area contributed by atoms with Crippen molar-refractivity contribution in [3.63, 3.8) is 0 Å². The summed E-state index contributed by atoms with van der Waals surface area (Å²) >= 11 is 9.43. The van der Waals surface area contributed by atoms with Crippen molar-refractivity contribution in [3.8, 4) is 12.0 Å². The van der Waals surface area contributed by atoms with Crippen LogP contribution in [0.15, 0.2) is 56.5 Å². The number of hydrogen-bond donors (Lipinski definition) is 2. The molecule has 3 rings (SSSR count). The lowest BCUT2D eigenvalue weighted by Crippen LogP contribution is -2.21. The van der Waals surface area contributed by atoms with Crippen molar-refractivity contribution in [2.45, 2.75) is 4.90 Å². The Labute approximate surface area is 187 Å². The second kappa shape index (κ2) is 9.17. The molecule has 1 unspecified atom stereocenters. The van der Waals surface area contributed by atoms with Crippen LogP contribution in [0.3, 0.4) is 0 Å². The van der Waals surface area contributed by atoms with E-state index in [1.165, 1.54) is 29.1 Å². The van der Waals surface area contributed by atoms with E-state index in [0.717, 1.165) is 0 Å². The van der Waals surface area contributed by atoms with Crippen LogP contribution in [-0.4, -0.2) is 32.8 Å². The van der Waals surface area contributed by atoms with Crippen molar-refractivity contribution in [2.24, 2.45) is 10.1 Å². The molecular formula is C18H13BrClN7O2S. The van der Waals surface area contributed by atoms with Gasteiger partial charge < -0.3 is 11.1 Å². The highest BCUT2D eigenvalue weighted by atomic mass is 79.9. The highest BCUT2D eigenvalue weighted by Gasteiger charge is 2.20. The van der Waals surface area contributed by atoms with Crippen molar-refractivity contribution < 1.29 is 9.59 Å². The highest BCUT2D eigenvalue weighted by Crippen LogP contribution is 2.24. The van der Waals surface area contributed by atoms with Gasteiger partial charge in [0.1, 0.15) is 10.3 Å². The summed E-state index contributed by atoms with van der Waals surface area (Å²) in [7, 11) is -0.745. The molecule has 0 saturated heterocycles. The molecule has 30 heavy (non-hydrogen) atoms. The molecule has 2 aromatic heterocycles. The fourth-order valence-electron chi connectivity index (χ4n) is 2.53. The van der Waals surface area contributed by atoms with E-state index in [-0.39, 0.29) is 22.8 Å². The normalized spacial score (nSPS) is 11.7. The topological polar surface area (TPSA) is 139 Å². The molecule has 152 valence electrons. The Hall–Kier alpha value is -3.07. The van der Waals surface area contributed by atoms with Crippen LogP contribution in [-0.2, 0) is 10.7 Å². The smallest absolute Gasteiger partial charge is 0.274 e. The monoisotopic (exact) mass is 505 g/mol. The van der Waals surface area contributed by atoms with E-state index in [4.69, 9.17) is 22.6 Å². The van der Waals surface area contributed by atoms with Crippen LogP contribution in [0, 0.1) is 11.5 Å². The van der Waals surface area contributed by atoms with Crippen LogP contribution >= 0.6 is 27.5 Å². The van der Waals surface area contributed by atoms with Gasteiger partial charge in [-0.15, -0.1) is 4.36 Å². The summed E-state index contributed by atoms with van der Waals surface area (Å²) in [6, 6.07) is 9.48. The molecule has 3 aromatic rings. The highest BCUT2D eigenvalue weighted by molar-refractivity contribution is 9.10. The summed E-state index contributed by atoms with van der Waals surface area (Å²) in [5.74, 6) is -1.01. The maximum atomic E-state index is 13.0. The molecule has 2 amide bonds. The van der Waals surface area contributed by atoms with Crippen molar-refractivity contribution in [3.05, 3.63) is 63.5 Å². The SMILES string of the molecule is C/S(=N\C#N)c1ccc(NC(=O)c2cc(Br)nn2-c2ncccc2Cl)c(C(N)=O)c1. The predicted octanol–water partition coefficient (Wildman–Crippen LogP) is 3.31. The summed E-state index contributed by atoms with van der Waals surface area (Å²) in [4.78, 5) is 29.7. The maximum Gasteiger partial charge on any atom is 0.274 e. The third kappa shape index (κ3) is 4.56. The lowest BCUT2D eigenvalue weighted by molar-refractivity contribution is 0.100. The number of nitriles is 1. The minimum Gasteiger partial charge on any atom is -0.366 e. The van der Waals surface area contributed by atoms with Crippen molar-refractivity contribution in [2.75, 3.05) is 11.6 Å². The van der Waals surface area contributed by atoms with Gasteiger partial charge in [0.2, 0.25) is 6.19 Å². The predicted molar refractivity (Wildman–Crippen MR) is 117 cm³/mol. The van der Waals surface area contributed by atoms with Gasteiger partial charge in [-0.2, -0.15) is 10.4 Å². The number of pyridine rings is 1. The second-order valence-electron chi connectivity index (χ2n) is 5.77. The molecule has 9 nitrogen and oxygen atoms in total. The van der Waals surface area contributed by atoms with E-state index in [0.29, 0.717) is 14.5 Å². The van der Waals surface area contributed by atoms with Gasteiger partial charge in [0.25, 0.3) is 11.8 Å². The van der Waals surface area contributed by atoms with Gasteiger partial charge >= 0.3 is 0 Å². The fraction of sp³-hybridized carbons (Fsp3) is 0.0556. The van der Waals surface area contributed by atoms with Crippen molar-refractivity contribution >= 4 is 55.7 Å². The third-order valence-electron chi connectivity index (χ3n) is 3.88. The Kier molecular flexibility index (Phi) is 6.61. The Morgan fingerprint density at radius 1 is 1.37 bits per heavy atom. The summed E-state index contributed by atoms with van der Waals surface area (Å²) in [6.45, 7) is 0. The van der Waals surface area contributed by atoms with E-state index >= 15 is 0 Å². The molecule has 0 spiro atoms. The zero-order chi connectivity index (χ0) is 21.8. The Balaban J connectivity index is 2.00. The third-order valence-corrected chi connectivity index (χ3v) is 5.85. The van der Waals surface area contributed by atoms with E-state index in [1.807, 2.05) is 0 Å². The fourth-order valence-corrected chi connectivity index (χ4v) is 3.89. The molecule has 0 aliphatic heterocycles. The van der Waals surface area contributed by atoms with Crippen LogP contribution in [0.2, 0.25) is 5.02 Å². The molecule has 1 atom stereocenters. The van der Waals surface area contributed by atoms with Crippen molar-refractivity contribution in [1.82, 2.24) is 14.8 Å². The number of hydrogen-bond acceptors (Lipinski definition) is 6. The van der Waals surface area contributed by atoms with E-state index in [1.54, 1.807) is 30.6 Å². The van der Waals surface area contributed by atoms with Gasteiger partial charge in [0, 0.05) is 17.2 Å². The Morgan fingerprint density at radius 3 is 2.80 bits per heavy atom. The molecule has 0 fully saturated rings. The lowest BCUT2D eigenvalue weighted by Gasteiger charge is -2.12. The van der Waals surface area contributed by atoms with E-state index in [2.05, 4.69) is 35.7 Å². The van der Waals surface area contributed by atoms with Crippen LogP contribution in [0.25, 0.3) is 5.82 Å². The van der Waals surface area contributed by atoms with E-state index in [9.17, 15) is 9.59 Å². The summed E-state index contributed by atoms with van der Waals surface area (Å²) in [5, 5.41) is 15.9. The quantitative estimate of drug-likeness (QED) is 0.511. The number of amides is 2. The largest absolute Gasteiger partial charge is 0.366 e. The molecule has 2 heterocycles. The number of primary amides is 1. The molecule has 0 aliphatic carbocycles. The number of anilines is 1. The van der Waals surface area contributed by atoms with Gasteiger partial charge in [-0.05, 0) is 52.5 Å². The average molecular weight is 507 g/mol. The first kappa shape index (κ1) is 21.6. The average Bonchev–Trinajstić information content (AvgIpc) is 3.10. The summed E-state index contributed by atoms with van der Waals surface area (Å²) in [5.41, 5.74) is 5.92. The Morgan fingerprint density at radius 2 is 2.13 bits per heavy atom. The molecule has 0 radical (unpaired) electrons. The molecule has 0 saturated carbocycles. The number of halogens is 2. The molecule has 1 aromatic carbocycles. The number of nitrogens with one attached hydrogen (secondary N) is 1. The number of carbonyl (C=O) groups excluding carboxylic acids is 2. The number of aromatic nitrogens is 3. The van der Waals surface area contributed by atoms with Gasteiger partial charge in [0.05, 0.1) is 16.3 Å². The number of nitrogens with zero attached hydrogens (tertiary/aromatic N) is 5. The van der Waals surface area contributed by atoms with Gasteiger partial charge in [-0.25, -0.2) is 9.67 Å². The van der Waals surface area contributed by atoms with Gasteiger partial charge in [-0.1, -0.05) is 22.3 Å². The van der Waals surface area contributed by atoms with Crippen LogP contribution in [0.1, 0.15) is 20.8 Å². The van der Waals surface area contributed by atoms with Crippen molar-refractivity contribution in [1.29, 1.82) is 5.26 Å². The standard InChI is InChI=1S/C18H13BrClN7O2S/c1-30(24-9-21)10-4-5-13(11(7-10)16(22)28)25-18(29)14-8-15(19)26-27(14)17-12(20)3-2-6-23-17/h2-8H,1H3,(H2,22,28)(H,25,29). The first-order valence-corrected chi connectivity index (χ1v) is 11.0. The molecule has 3 N–H and O–H groups in total. The Bertz CT molecular complexity index is 1240. The number of nitrogens with two attached hydrogens (primary N) is 1. The van der Waals surface area contributed by atoms with Gasteiger partial charge in [-0.3, -0.25) is 9.59 Å². The number of carbonyl (C=O) groups is 2. The number of benzene rings is 1. The first-order valence-electron chi connectivity index (χ1n) is 8.19. The molecule has 12 heteroatoms. The van der Waals surface area contributed by atoms with Crippen LogP contribution in [0.4, 0.5) is 5.69 Å². The minimum atomic E-state index is -0.745. The zero-order valence-corrected chi connectivity index (χ0v) is 18.5.